The summed E-state index contributed by atoms with van der Waals surface area (Å²) < 4.78 is 0. The maximum Gasteiger partial charge on any atom is 0.307 e. The molecule has 0 aliphatic heterocycles. The van der Waals surface area contributed by atoms with Crippen molar-refractivity contribution in [3.8, 4) is 0 Å². The number of rotatable bonds is 4. The van der Waals surface area contributed by atoms with E-state index in [0.29, 0.717) is 5.92 Å². The van der Waals surface area contributed by atoms with Gasteiger partial charge in [0.25, 0.3) is 0 Å². The van der Waals surface area contributed by atoms with Gasteiger partial charge in [-0.25, -0.2) is 0 Å². The van der Waals surface area contributed by atoms with E-state index in [-0.39, 0.29) is 17.2 Å². The first-order valence-corrected chi connectivity index (χ1v) is 5.95. The molecule has 4 nitrogen and oxygen atoms in total. The number of nitrogens with one attached hydrogen (secondary N) is 1. The van der Waals surface area contributed by atoms with Gasteiger partial charge in [-0.3, -0.25) is 9.59 Å². The highest BCUT2D eigenvalue weighted by molar-refractivity contribution is 5.91. The molecule has 2 aliphatic rings. The highest BCUT2D eigenvalue weighted by Gasteiger charge is 2.65. The molecule has 1 amide bonds. The van der Waals surface area contributed by atoms with Crippen molar-refractivity contribution < 1.29 is 14.7 Å². The standard InChI is InChI=1S/C12H19NO3/c1-12(2)8(9(12)11(15)16)10(14)13-6-7-4-3-5-7/h7-9H,3-6H2,1-2H3,(H,13,14)(H,15,16). The molecule has 2 rings (SSSR count). The molecule has 0 aromatic rings. The van der Waals surface area contributed by atoms with Crippen LogP contribution in [-0.2, 0) is 9.59 Å². The Balaban J connectivity index is 1.83. The third kappa shape index (κ3) is 1.81. The van der Waals surface area contributed by atoms with Crippen LogP contribution in [0, 0.1) is 23.2 Å². The number of carboxylic acids is 1. The molecule has 2 N–H and O–H groups in total. The third-order valence-electron chi connectivity index (χ3n) is 4.17. The molecule has 0 saturated heterocycles. The fourth-order valence-electron chi connectivity index (χ4n) is 2.64. The summed E-state index contributed by atoms with van der Waals surface area (Å²) in [5.41, 5.74) is -0.379. The minimum atomic E-state index is -0.853. The van der Waals surface area contributed by atoms with Crippen molar-refractivity contribution in [1.29, 1.82) is 0 Å². The van der Waals surface area contributed by atoms with Gasteiger partial charge in [-0.15, -0.1) is 0 Å². The molecule has 2 saturated carbocycles. The largest absolute Gasteiger partial charge is 0.481 e. The SMILES string of the molecule is CC1(C)C(C(=O)O)C1C(=O)NCC1CCC1. The van der Waals surface area contributed by atoms with Gasteiger partial charge >= 0.3 is 5.97 Å². The second-order valence-corrected chi connectivity index (χ2v) is 5.66. The van der Waals surface area contributed by atoms with Crippen molar-refractivity contribution in [1.82, 2.24) is 5.32 Å². The van der Waals surface area contributed by atoms with E-state index in [1.807, 2.05) is 13.8 Å². The molecule has 4 heteroatoms. The zero-order valence-electron chi connectivity index (χ0n) is 9.82. The summed E-state index contributed by atoms with van der Waals surface area (Å²) in [6.07, 6.45) is 3.64. The minimum Gasteiger partial charge on any atom is -0.481 e. The van der Waals surface area contributed by atoms with Crippen LogP contribution in [-0.4, -0.2) is 23.5 Å². The van der Waals surface area contributed by atoms with Gasteiger partial charge in [0.1, 0.15) is 0 Å². The highest BCUT2D eigenvalue weighted by atomic mass is 16.4. The molecule has 2 aliphatic carbocycles. The van der Waals surface area contributed by atoms with Crippen molar-refractivity contribution in [3.63, 3.8) is 0 Å². The normalized spacial score (nSPS) is 31.6. The molecule has 0 aromatic heterocycles. The van der Waals surface area contributed by atoms with Gasteiger partial charge in [-0.2, -0.15) is 0 Å². The maximum absolute atomic E-state index is 11.8. The van der Waals surface area contributed by atoms with Crippen molar-refractivity contribution in [2.45, 2.75) is 33.1 Å². The van der Waals surface area contributed by atoms with Gasteiger partial charge in [0.15, 0.2) is 0 Å². The molecule has 0 bridgehead atoms. The molecule has 2 atom stereocenters. The topological polar surface area (TPSA) is 66.4 Å². The number of amides is 1. The van der Waals surface area contributed by atoms with Crippen LogP contribution in [0.5, 0.6) is 0 Å². The number of aliphatic carboxylic acids is 1. The summed E-state index contributed by atoms with van der Waals surface area (Å²) >= 11 is 0. The van der Waals surface area contributed by atoms with Crippen LogP contribution in [0.15, 0.2) is 0 Å². The van der Waals surface area contributed by atoms with E-state index < -0.39 is 11.9 Å². The van der Waals surface area contributed by atoms with Crippen LogP contribution >= 0.6 is 0 Å². The maximum atomic E-state index is 11.8. The molecule has 2 fully saturated rings. The zero-order chi connectivity index (χ0) is 11.9. The van der Waals surface area contributed by atoms with Gasteiger partial charge in [0, 0.05) is 6.54 Å². The molecule has 0 radical (unpaired) electrons. The number of carbonyl (C=O) groups excluding carboxylic acids is 1. The Hall–Kier alpha value is -1.06. The fourth-order valence-corrected chi connectivity index (χ4v) is 2.64. The summed E-state index contributed by atoms with van der Waals surface area (Å²) in [6.45, 7) is 4.41. The Morgan fingerprint density at radius 3 is 2.31 bits per heavy atom. The van der Waals surface area contributed by atoms with E-state index in [1.165, 1.54) is 19.3 Å². The molecule has 16 heavy (non-hydrogen) atoms. The predicted molar refractivity (Wildman–Crippen MR) is 58.7 cm³/mol. The lowest BCUT2D eigenvalue weighted by atomic mass is 9.85. The quantitative estimate of drug-likeness (QED) is 0.757. The van der Waals surface area contributed by atoms with Crippen LogP contribution in [0.3, 0.4) is 0 Å². The summed E-state index contributed by atoms with van der Waals surface area (Å²) in [5.74, 6) is -1.16. The second-order valence-electron chi connectivity index (χ2n) is 5.66. The summed E-state index contributed by atoms with van der Waals surface area (Å²) in [7, 11) is 0. The number of hydrogen-bond donors (Lipinski definition) is 2. The lowest BCUT2D eigenvalue weighted by molar-refractivity contribution is -0.140. The van der Waals surface area contributed by atoms with Gasteiger partial charge in [0.05, 0.1) is 11.8 Å². The summed E-state index contributed by atoms with van der Waals surface area (Å²) in [4.78, 5) is 22.7. The number of carbonyl (C=O) groups is 2. The fraction of sp³-hybridized carbons (Fsp3) is 0.833. The molecular formula is C12H19NO3. The van der Waals surface area contributed by atoms with Crippen molar-refractivity contribution >= 4 is 11.9 Å². The molecule has 2 unspecified atom stereocenters. The first-order valence-electron chi connectivity index (χ1n) is 5.95. The summed E-state index contributed by atoms with van der Waals surface area (Å²) in [5, 5.41) is 11.8. The average molecular weight is 225 g/mol. The van der Waals surface area contributed by atoms with Gasteiger partial charge in [-0.05, 0) is 24.2 Å². The third-order valence-corrected chi connectivity index (χ3v) is 4.17. The van der Waals surface area contributed by atoms with Gasteiger partial charge in [0.2, 0.25) is 5.91 Å². The first kappa shape index (κ1) is 11.4. The molecule has 0 aromatic carbocycles. The van der Waals surface area contributed by atoms with Crippen molar-refractivity contribution in [3.05, 3.63) is 0 Å². The zero-order valence-corrected chi connectivity index (χ0v) is 9.82. The molecule has 0 heterocycles. The Morgan fingerprint density at radius 1 is 1.31 bits per heavy atom. The molecular weight excluding hydrogens is 206 g/mol. The number of carboxylic acid groups (broad SMARTS) is 1. The van der Waals surface area contributed by atoms with E-state index in [1.54, 1.807) is 0 Å². The average Bonchev–Trinajstić information content (AvgIpc) is 2.66. The predicted octanol–water partition coefficient (Wildman–Crippen LogP) is 1.26. The lowest BCUT2D eigenvalue weighted by Gasteiger charge is -2.25. The Labute approximate surface area is 95.4 Å². The van der Waals surface area contributed by atoms with Crippen molar-refractivity contribution in [2.24, 2.45) is 23.2 Å². The van der Waals surface area contributed by atoms with Crippen LogP contribution < -0.4 is 5.32 Å². The van der Waals surface area contributed by atoms with E-state index in [2.05, 4.69) is 5.32 Å². The van der Waals surface area contributed by atoms with Gasteiger partial charge in [-0.1, -0.05) is 20.3 Å². The summed E-state index contributed by atoms with van der Waals surface area (Å²) in [6, 6.07) is 0. The van der Waals surface area contributed by atoms with E-state index in [4.69, 9.17) is 5.11 Å². The molecule has 0 spiro atoms. The van der Waals surface area contributed by atoms with Crippen LogP contribution in [0.1, 0.15) is 33.1 Å². The molecule has 90 valence electrons. The van der Waals surface area contributed by atoms with Crippen LogP contribution in [0.2, 0.25) is 0 Å². The van der Waals surface area contributed by atoms with Gasteiger partial charge < -0.3 is 10.4 Å². The monoisotopic (exact) mass is 225 g/mol. The van der Waals surface area contributed by atoms with Crippen LogP contribution in [0.25, 0.3) is 0 Å². The second kappa shape index (κ2) is 3.75. The number of hydrogen-bond acceptors (Lipinski definition) is 2. The highest BCUT2D eigenvalue weighted by Crippen LogP contribution is 2.58. The Bertz CT molecular complexity index is 320. The van der Waals surface area contributed by atoms with E-state index in [9.17, 15) is 9.59 Å². The van der Waals surface area contributed by atoms with E-state index >= 15 is 0 Å². The lowest BCUT2D eigenvalue weighted by Crippen LogP contribution is -2.34. The minimum absolute atomic E-state index is 0.0794. The Kier molecular flexibility index (Phi) is 2.68. The smallest absolute Gasteiger partial charge is 0.307 e. The van der Waals surface area contributed by atoms with Crippen LogP contribution in [0.4, 0.5) is 0 Å². The Morgan fingerprint density at radius 2 is 1.94 bits per heavy atom. The van der Waals surface area contributed by atoms with E-state index in [0.717, 1.165) is 6.54 Å². The van der Waals surface area contributed by atoms with Crippen molar-refractivity contribution in [2.75, 3.05) is 6.54 Å². The first-order chi connectivity index (χ1) is 7.44.